The molecule has 3 nitrogen and oxygen atoms in total. The van der Waals surface area contributed by atoms with Gasteiger partial charge < -0.3 is 10.4 Å². The van der Waals surface area contributed by atoms with E-state index in [1.54, 1.807) is 0 Å². The number of nitrogens with zero attached hydrogens (tertiary/aromatic N) is 1. The lowest BCUT2D eigenvalue weighted by atomic mass is 9.94. The van der Waals surface area contributed by atoms with E-state index >= 15 is 0 Å². The summed E-state index contributed by atoms with van der Waals surface area (Å²) in [5, 5.41) is 21.5. The molecule has 0 saturated heterocycles. The van der Waals surface area contributed by atoms with Gasteiger partial charge in [-0.1, -0.05) is 25.1 Å². The summed E-state index contributed by atoms with van der Waals surface area (Å²) in [5.74, 6) is 0. The second kappa shape index (κ2) is 6.39. The monoisotopic (exact) mass is 232 g/mol. The van der Waals surface area contributed by atoms with Crippen LogP contribution in [0.5, 0.6) is 0 Å². The summed E-state index contributed by atoms with van der Waals surface area (Å²) in [6, 6.07) is 9.78. The summed E-state index contributed by atoms with van der Waals surface area (Å²) in [4.78, 5) is 0. The molecule has 0 saturated carbocycles. The molecule has 1 atom stereocenters. The maximum atomic E-state index is 9.04. The van der Waals surface area contributed by atoms with Gasteiger partial charge in [-0.2, -0.15) is 5.26 Å². The number of benzene rings is 1. The van der Waals surface area contributed by atoms with Crippen LogP contribution in [0, 0.1) is 11.3 Å². The molecular weight excluding hydrogens is 212 g/mol. The molecule has 0 aliphatic heterocycles. The van der Waals surface area contributed by atoms with Crippen LogP contribution in [0.4, 0.5) is 0 Å². The van der Waals surface area contributed by atoms with Crippen molar-refractivity contribution in [2.45, 2.75) is 38.8 Å². The summed E-state index contributed by atoms with van der Waals surface area (Å²) in [5.41, 5.74) is 1.65. The van der Waals surface area contributed by atoms with Crippen LogP contribution >= 0.6 is 0 Å². The van der Waals surface area contributed by atoms with Crippen LogP contribution in [0.1, 0.15) is 37.8 Å². The highest BCUT2D eigenvalue weighted by Gasteiger charge is 2.20. The van der Waals surface area contributed by atoms with Gasteiger partial charge in [0.25, 0.3) is 0 Å². The lowest BCUT2D eigenvalue weighted by Gasteiger charge is -2.29. The average Bonchev–Trinajstić information content (AvgIpc) is 2.37. The highest BCUT2D eigenvalue weighted by Crippen LogP contribution is 2.16. The smallest absolute Gasteiger partial charge is 0.0995 e. The number of nitriles is 1. The third-order valence-corrected chi connectivity index (χ3v) is 3.29. The minimum atomic E-state index is -0.0721. The second-order valence-electron chi connectivity index (χ2n) is 4.51. The Bertz CT molecular complexity index is 397. The van der Waals surface area contributed by atoms with Crippen molar-refractivity contribution in [3.05, 3.63) is 35.4 Å². The molecule has 0 aromatic heterocycles. The van der Waals surface area contributed by atoms with Crippen molar-refractivity contribution in [3.8, 4) is 6.07 Å². The summed E-state index contributed by atoms with van der Waals surface area (Å²) < 4.78 is 0. The first-order valence-electron chi connectivity index (χ1n) is 5.99. The molecule has 1 aromatic rings. The highest BCUT2D eigenvalue weighted by atomic mass is 16.3. The van der Waals surface area contributed by atoms with Crippen LogP contribution in [0.25, 0.3) is 0 Å². The quantitative estimate of drug-likeness (QED) is 0.790. The van der Waals surface area contributed by atoms with Gasteiger partial charge in [-0.15, -0.1) is 0 Å². The summed E-state index contributed by atoms with van der Waals surface area (Å²) in [6.45, 7) is 5.03. The van der Waals surface area contributed by atoms with E-state index in [9.17, 15) is 0 Å². The van der Waals surface area contributed by atoms with Crippen molar-refractivity contribution in [2.24, 2.45) is 0 Å². The van der Waals surface area contributed by atoms with Crippen LogP contribution in [0.3, 0.4) is 0 Å². The molecule has 0 fully saturated rings. The number of hydrogen-bond acceptors (Lipinski definition) is 3. The van der Waals surface area contributed by atoms with E-state index in [4.69, 9.17) is 10.4 Å². The number of hydrogen-bond donors (Lipinski definition) is 2. The molecular formula is C14H20N2O. The molecule has 1 rings (SSSR count). The molecule has 0 bridgehead atoms. The van der Waals surface area contributed by atoms with Crippen LogP contribution < -0.4 is 5.32 Å². The highest BCUT2D eigenvalue weighted by molar-refractivity contribution is 5.37. The standard InChI is InChI=1S/C14H20N2O/c1-3-14(2,8-9-17)16-11-13-7-5-4-6-12(13)10-15/h4-7,16-17H,3,8-9,11H2,1-2H3. The van der Waals surface area contributed by atoms with Crippen LogP contribution in [0.15, 0.2) is 24.3 Å². The normalized spacial score (nSPS) is 14.0. The number of aliphatic hydroxyl groups excluding tert-OH is 1. The second-order valence-corrected chi connectivity index (χ2v) is 4.51. The lowest BCUT2D eigenvalue weighted by molar-refractivity contribution is 0.214. The molecule has 2 N–H and O–H groups in total. The number of rotatable bonds is 6. The zero-order valence-corrected chi connectivity index (χ0v) is 10.5. The molecule has 17 heavy (non-hydrogen) atoms. The molecule has 0 amide bonds. The van der Waals surface area contributed by atoms with Gasteiger partial charge >= 0.3 is 0 Å². The molecule has 0 radical (unpaired) electrons. The van der Waals surface area contributed by atoms with Gasteiger partial charge in [0.2, 0.25) is 0 Å². The summed E-state index contributed by atoms with van der Waals surface area (Å²) in [7, 11) is 0. The van der Waals surface area contributed by atoms with E-state index in [0.29, 0.717) is 12.1 Å². The third-order valence-electron chi connectivity index (χ3n) is 3.29. The molecule has 92 valence electrons. The van der Waals surface area contributed by atoms with Gasteiger partial charge in [-0.25, -0.2) is 0 Å². The number of nitrogens with one attached hydrogen (secondary N) is 1. The summed E-state index contributed by atoms with van der Waals surface area (Å²) >= 11 is 0. The van der Waals surface area contributed by atoms with E-state index in [0.717, 1.165) is 18.4 Å². The predicted molar refractivity (Wildman–Crippen MR) is 68.4 cm³/mol. The average molecular weight is 232 g/mol. The topological polar surface area (TPSA) is 56.0 Å². The van der Waals surface area contributed by atoms with Crippen LogP contribution in [-0.4, -0.2) is 17.3 Å². The summed E-state index contributed by atoms with van der Waals surface area (Å²) in [6.07, 6.45) is 1.67. The van der Waals surface area contributed by atoms with E-state index in [1.165, 1.54) is 0 Å². The fourth-order valence-electron chi connectivity index (χ4n) is 1.73. The van der Waals surface area contributed by atoms with Crippen molar-refractivity contribution >= 4 is 0 Å². The Labute approximate surface area is 103 Å². The zero-order chi connectivity index (χ0) is 12.7. The minimum absolute atomic E-state index is 0.0721. The maximum absolute atomic E-state index is 9.04. The van der Waals surface area contributed by atoms with Crippen molar-refractivity contribution < 1.29 is 5.11 Å². The molecule has 3 heteroatoms. The first-order chi connectivity index (χ1) is 8.15. The van der Waals surface area contributed by atoms with Crippen molar-refractivity contribution in [1.29, 1.82) is 5.26 Å². The Balaban J connectivity index is 2.69. The van der Waals surface area contributed by atoms with E-state index < -0.39 is 0 Å². The van der Waals surface area contributed by atoms with Crippen molar-refractivity contribution in [1.82, 2.24) is 5.32 Å². The zero-order valence-electron chi connectivity index (χ0n) is 10.5. The van der Waals surface area contributed by atoms with Gasteiger partial charge in [-0.05, 0) is 31.4 Å². The molecule has 1 unspecified atom stereocenters. The largest absolute Gasteiger partial charge is 0.396 e. The Morgan fingerprint density at radius 3 is 2.71 bits per heavy atom. The maximum Gasteiger partial charge on any atom is 0.0995 e. The fourth-order valence-corrected chi connectivity index (χ4v) is 1.73. The predicted octanol–water partition coefficient (Wildman–Crippen LogP) is 2.20. The van der Waals surface area contributed by atoms with Gasteiger partial charge in [0, 0.05) is 18.7 Å². The van der Waals surface area contributed by atoms with E-state index in [1.807, 2.05) is 24.3 Å². The van der Waals surface area contributed by atoms with E-state index in [2.05, 4.69) is 25.2 Å². The van der Waals surface area contributed by atoms with Crippen LogP contribution in [-0.2, 0) is 6.54 Å². The SMILES string of the molecule is CCC(C)(CCO)NCc1ccccc1C#N. The van der Waals surface area contributed by atoms with Gasteiger partial charge in [0.05, 0.1) is 11.6 Å². The van der Waals surface area contributed by atoms with Crippen molar-refractivity contribution in [2.75, 3.05) is 6.61 Å². The Hall–Kier alpha value is -1.37. The first kappa shape index (κ1) is 13.7. The van der Waals surface area contributed by atoms with E-state index in [-0.39, 0.29) is 12.1 Å². The minimum Gasteiger partial charge on any atom is -0.396 e. The van der Waals surface area contributed by atoms with Gasteiger partial charge in [-0.3, -0.25) is 0 Å². The fraction of sp³-hybridized carbons (Fsp3) is 0.500. The van der Waals surface area contributed by atoms with Gasteiger partial charge in [0.1, 0.15) is 0 Å². The molecule has 0 heterocycles. The molecule has 0 aliphatic rings. The molecule has 1 aromatic carbocycles. The molecule has 0 spiro atoms. The Kier molecular flexibility index (Phi) is 5.14. The molecule has 0 aliphatic carbocycles. The Morgan fingerprint density at radius 1 is 1.41 bits per heavy atom. The van der Waals surface area contributed by atoms with Crippen molar-refractivity contribution in [3.63, 3.8) is 0 Å². The number of aliphatic hydroxyl groups is 1. The van der Waals surface area contributed by atoms with Crippen LogP contribution in [0.2, 0.25) is 0 Å². The first-order valence-corrected chi connectivity index (χ1v) is 5.99. The Morgan fingerprint density at radius 2 is 2.12 bits per heavy atom. The lowest BCUT2D eigenvalue weighted by Crippen LogP contribution is -2.42. The van der Waals surface area contributed by atoms with Gasteiger partial charge in [0.15, 0.2) is 0 Å². The third kappa shape index (κ3) is 3.85.